The number of nitrogens with one attached hydrogen (secondary N) is 1. The van der Waals surface area contributed by atoms with Gasteiger partial charge in [0.05, 0.1) is 0 Å². The van der Waals surface area contributed by atoms with Gasteiger partial charge in [0.15, 0.2) is 0 Å². The van der Waals surface area contributed by atoms with Crippen LogP contribution in [0.1, 0.15) is 36.0 Å². The lowest BCUT2D eigenvalue weighted by Crippen LogP contribution is -2.43. The molecule has 1 aliphatic carbocycles. The number of primary amides is 1. The average molecular weight is 248 g/mol. The zero-order valence-electron chi connectivity index (χ0n) is 10.7. The highest BCUT2D eigenvalue weighted by atomic mass is 16.5. The molecule has 1 amide bonds. The molecule has 0 aliphatic heterocycles. The number of nitrogens with two attached hydrogens (primary N) is 1. The van der Waals surface area contributed by atoms with E-state index in [0.717, 1.165) is 18.6 Å². The van der Waals surface area contributed by atoms with Gasteiger partial charge in [0, 0.05) is 11.6 Å². The summed E-state index contributed by atoms with van der Waals surface area (Å²) in [6.07, 6.45) is 4.90. The molecule has 2 rings (SSSR count). The summed E-state index contributed by atoms with van der Waals surface area (Å²) >= 11 is 0. The molecule has 0 radical (unpaired) electrons. The van der Waals surface area contributed by atoms with E-state index in [-0.39, 0.29) is 6.10 Å². The minimum atomic E-state index is -0.410. The van der Waals surface area contributed by atoms with Gasteiger partial charge in [-0.05, 0) is 50.6 Å². The lowest BCUT2D eigenvalue weighted by atomic mass is 9.92. The second-order valence-electron chi connectivity index (χ2n) is 4.72. The molecule has 2 unspecified atom stereocenters. The zero-order chi connectivity index (χ0) is 13.0. The molecule has 1 saturated carbocycles. The van der Waals surface area contributed by atoms with Gasteiger partial charge in [-0.1, -0.05) is 6.42 Å². The van der Waals surface area contributed by atoms with Gasteiger partial charge in [-0.3, -0.25) is 4.79 Å². The summed E-state index contributed by atoms with van der Waals surface area (Å²) in [7, 11) is 1.97. The molecular weight excluding hydrogens is 228 g/mol. The van der Waals surface area contributed by atoms with Crippen LogP contribution < -0.4 is 15.8 Å². The first-order chi connectivity index (χ1) is 8.70. The van der Waals surface area contributed by atoms with Crippen molar-refractivity contribution in [1.82, 2.24) is 5.32 Å². The van der Waals surface area contributed by atoms with Crippen molar-refractivity contribution in [3.8, 4) is 5.75 Å². The summed E-state index contributed by atoms with van der Waals surface area (Å²) in [6, 6.07) is 7.43. The highest BCUT2D eigenvalue weighted by molar-refractivity contribution is 5.92. The third-order valence-corrected chi connectivity index (χ3v) is 3.50. The molecule has 0 spiro atoms. The minimum absolute atomic E-state index is 0.211. The second kappa shape index (κ2) is 5.87. The van der Waals surface area contributed by atoms with Gasteiger partial charge in [-0.25, -0.2) is 0 Å². The maximum absolute atomic E-state index is 11.0. The highest BCUT2D eigenvalue weighted by Gasteiger charge is 2.25. The number of rotatable bonds is 4. The Bertz CT molecular complexity index is 403. The minimum Gasteiger partial charge on any atom is -0.489 e. The third-order valence-electron chi connectivity index (χ3n) is 3.50. The topological polar surface area (TPSA) is 64.3 Å². The van der Waals surface area contributed by atoms with Crippen molar-refractivity contribution < 1.29 is 9.53 Å². The Hall–Kier alpha value is -1.55. The molecule has 1 fully saturated rings. The fraction of sp³-hybridized carbons (Fsp3) is 0.500. The fourth-order valence-corrected chi connectivity index (χ4v) is 2.44. The summed E-state index contributed by atoms with van der Waals surface area (Å²) in [4.78, 5) is 11.0. The Kier molecular flexibility index (Phi) is 4.20. The van der Waals surface area contributed by atoms with E-state index < -0.39 is 5.91 Å². The third kappa shape index (κ3) is 3.01. The molecule has 1 aliphatic rings. The van der Waals surface area contributed by atoms with Crippen LogP contribution in [0.5, 0.6) is 5.75 Å². The lowest BCUT2D eigenvalue weighted by molar-refractivity contribution is 0.1000. The highest BCUT2D eigenvalue weighted by Crippen LogP contribution is 2.24. The first-order valence-electron chi connectivity index (χ1n) is 6.44. The number of benzene rings is 1. The molecule has 1 aromatic carbocycles. The smallest absolute Gasteiger partial charge is 0.248 e. The summed E-state index contributed by atoms with van der Waals surface area (Å²) in [5.41, 5.74) is 5.71. The molecule has 4 heteroatoms. The van der Waals surface area contributed by atoms with Crippen molar-refractivity contribution in [2.75, 3.05) is 7.05 Å². The Morgan fingerprint density at radius 2 is 1.94 bits per heavy atom. The number of hydrogen-bond donors (Lipinski definition) is 2. The van der Waals surface area contributed by atoms with E-state index in [0.29, 0.717) is 11.6 Å². The molecular formula is C14H20N2O2. The van der Waals surface area contributed by atoms with E-state index in [1.165, 1.54) is 12.8 Å². The van der Waals surface area contributed by atoms with E-state index >= 15 is 0 Å². The molecule has 1 aromatic rings. The summed E-state index contributed by atoms with van der Waals surface area (Å²) < 4.78 is 5.98. The largest absolute Gasteiger partial charge is 0.489 e. The van der Waals surface area contributed by atoms with Crippen LogP contribution in [0.4, 0.5) is 0 Å². The fourth-order valence-electron chi connectivity index (χ4n) is 2.44. The molecule has 0 heterocycles. The van der Waals surface area contributed by atoms with Gasteiger partial charge in [0.2, 0.25) is 5.91 Å². The summed E-state index contributed by atoms with van der Waals surface area (Å²) in [5, 5.41) is 3.30. The number of amides is 1. The molecule has 4 nitrogen and oxygen atoms in total. The van der Waals surface area contributed by atoms with Crippen LogP contribution in [0.3, 0.4) is 0 Å². The van der Waals surface area contributed by atoms with Gasteiger partial charge < -0.3 is 15.8 Å². The van der Waals surface area contributed by atoms with Crippen LogP contribution in [0.2, 0.25) is 0 Å². The molecule has 0 saturated heterocycles. The van der Waals surface area contributed by atoms with Gasteiger partial charge in [0.1, 0.15) is 11.9 Å². The van der Waals surface area contributed by atoms with Crippen LogP contribution in [-0.4, -0.2) is 25.1 Å². The van der Waals surface area contributed by atoms with E-state index in [1.807, 2.05) is 7.05 Å². The van der Waals surface area contributed by atoms with Crippen molar-refractivity contribution in [3.63, 3.8) is 0 Å². The molecule has 0 bridgehead atoms. The van der Waals surface area contributed by atoms with Crippen molar-refractivity contribution >= 4 is 5.91 Å². The first kappa shape index (κ1) is 12.9. The van der Waals surface area contributed by atoms with Crippen LogP contribution in [-0.2, 0) is 0 Å². The van der Waals surface area contributed by atoms with Gasteiger partial charge >= 0.3 is 0 Å². The maximum atomic E-state index is 11.0. The molecule has 98 valence electrons. The zero-order valence-corrected chi connectivity index (χ0v) is 10.7. The molecule has 18 heavy (non-hydrogen) atoms. The number of carbonyl (C=O) groups excluding carboxylic acids is 1. The summed E-state index contributed by atoms with van der Waals surface area (Å²) in [5.74, 6) is 0.388. The first-order valence-corrected chi connectivity index (χ1v) is 6.44. The van der Waals surface area contributed by atoms with E-state index in [4.69, 9.17) is 10.5 Å². The second-order valence-corrected chi connectivity index (χ2v) is 4.72. The van der Waals surface area contributed by atoms with Crippen LogP contribution >= 0.6 is 0 Å². The van der Waals surface area contributed by atoms with Crippen LogP contribution in [0.15, 0.2) is 24.3 Å². The lowest BCUT2D eigenvalue weighted by Gasteiger charge is -2.31. The van der Waals surface area contributed by atoms with E-state index in [1.54, 1.807) is 24.3 Å². The Morgan fingerprint density at radius 3 is 2.56 bits per heavy atom. The monoisotopic (exact) mass is 248 g/mol. The van der Waals surface area contributed by atoms with Crippen molar-refractivity contribution in [2.45, 2.75) is 37.8 Å². The van der Waals surface area contributed by atoms with Gasteiger partial charge in [-0.2, -0.15) is 0 Å². The van der Waals surface area contributed by atoms with Crippen LogP contribution in [0, 0.1) is 0 Å². The predicted molar refractivity (Wildman–Crippen MR) is 70.7 cm³/mol. The molecule has 2 atom stereocenters. The van der Waals surface area contributed by atoms with Crippen molar-refractivity contribution in [3.05, 3.63) is 29.8 Å². The van der Waals surface area contributed by atoms with E-state index in [9.17, 15) is 4.79 Å². The Morgan fingerprint density at radius 1 is 1.28 bits per heavy atom. The van der Waals surface area contributed by atoms with Crippen molar-refractivity contribution in [1.29, 1.82) is 0 Å². The Balaban J connectivity index is 2.01. The quantitative estimate of drug-likeness (QED) is 0.852. The maximum Gasteiger partial charge on any atom is 0.248 e. The van der Waals surface area contributed by atoms with Gasteiger partial charge in [-0.15, -0.1) is 0 Å². The summed E-state index contributed by atoms with van der Waals surface area (Å²) in [6.45, 7) is 0. The number of carbonyl (C=O) groups is 1. The van der Waals surface area contributed by atoms with E-state index in [2.05, 4.69) is 5.32 Å². The Labute approximate surface area is 108 Å². The molecule has 3 N–H and O–H groups in total. The average Bonchev–Trinajstić information content (AvgIpc) is 2.40. The van der Waals surface area contributed by atoms with Crippen molar-refractivity contribution in [2.24, 2.45) is 5.73 Å². The predicted octanol–water partition coefficient (Wildman–Crippen LogP) is 1.69. The number of ether oxygens (including phenoxy) is 1. The molecule has 0 aromatic heterocycles. The number of hydrogen-bond acceptors (Lipinski definition) is 3. The van der Waals surface area contributed by atoms with Crippen LogP contribution in [0.25, 0.3) is 0 Å². The number of likely N-dealkylation sites (N-methyl/N-ethyl adjacent to an activating group) is 1. The normalized spacial score (nSPS) is 23.6. The standard InChI is InChI=1S/C14H20N2O2/c1-16-12-4-2-3-5-13(12)18-11-8-6-10(7-9-11)14(15)17/h6-9,12-13,16H,2-5H2,1H3,(H2,15,17). The SMILES string of the molecule is CNC1CCCCC1Oc1ccc(C(N)=O)cc1. The van der Waals surface area contributed by atoms with Gasteiger partial charge in [0.25, 0.3) is 0 Å².